The van der Waals surface area contributed by atoms with Crippen molar-refractivity contribution in [2.24, 2.45) is 0 Å². The summed E-state index contributed by atoms with van der Waals surface area (Å²) in [6, 6.07) is 6.94. The van der Waals surface area contributed by atoms with Crippen LogP contribution in [-0.2, 0) is 14.6 Å². The Morgan fingerprint density at radius 2 is 1.86 bits per heavy atom. The zero-order chi connectivity index (χ0) is 16.0. The highest BCUT2D eigenvalue weighted by Gasteiger charge is 2.20. The molecule has 0 N–H and O–H groups in total. The summed E-state index contributed by atoms with van der Waals surface area (Å²) in [7, 11) is -2.84. The van der Waals surface area contributed by atoms with E-state index >= 15 is 0 Å². The molecule has 6 heteroatoms. The summed E-state index contributed by atoms with van der Waals surface area (Å²) < 4.78 is 27.6. The summed E-state index contributed by atoms with van der Waals surface area (Å²) in [5.41, 5.74) is 1.33. The molecule has 1 fully saturated rings. The summed E-state index contributed by atoms with van der Waals surface area (Å²) in [5, 5.41) is 0. The van der Waals surface area contributed by atoms with Crippen molar-refractivity contribution in [3.63, 3.8) is 0 Å². The second-order valence-corrected chi connectivity index (χ2v) is 7.33. The second-order valence-electron chi connectivity index (χ2n) is 5.03. The molecule has 22 heavy (non-hydrogen) atoms. The number of rotatable bonds is 3. The highest BCUT2D eigenvalue weighted by Crippen LogP contribution is 2.06. The molecule has 0 spiro atoms. The molecule has 118 valence electrons. The minimum absolute atomic E-state index is 0.211. The molecule has 0 saturated carbocycles. The van der Waals surface area contributed by atoms with Gasteiger partial charge in [0.05, 0.1) is 30.2 Å². The third-order valence-electron chi connectivity index (χ3n) is 3.37. The Morgan fingerprint density at radius 3 is 2.45 bits per heavy atom. The minimum atomic E-state index is -2.84. The maximum Gasteiger partial charge on any atom is 0.338 e. The third kappa shape index (κ3) is 4.86. The van der Waals surface area contributed by atoms with Gasteiger partial charge < -0.3 is 4.74 Å². The Balaban J connectivity index is 1.88. The van der Waals surface area contributed by atoms with E-state index in [0.29, 0.717) is 31.8 Å². The van der Waals surface area contributed by atoms with Gasteiger partial charge in [0.15, 0.2) is 9.84 Å². The Bertz CT molecular complexity index is 669. The van der Waals surface area contributed by atoms with E-state index in [2.05, 4.69) is 11.8 Å². The molecule has 1 aliphatic heterocycles. The van der Waals surface area contributed by atoms with Crippen LogP contribution in [0.15, 0.2) is 24.3 Å². The number of esters is 1. The Hall–Kier alpha value is -1.84. The number of carbonyl (C=O) groups excluding carboxylic acids is 1. The predicted octanol–water partition coefficient (Wildman–Crippen LogP) is 0.945. The summed E-state index contributed by atoms with van der Waals surface area (Å²) in [4.78, 5) is 13.5. The van der Waals surface area contributed by atoms with E-state index in [4.69, 9.17) is 4.74 Å². The molecule has 0 aromatic heterocycles. The van der Waals surface area contributed by atoms with Gasteiger partial charge in [-0.05, 0) is 31.2 Å². The van der Waals surface area contributed by atoms with Gasteiger partial charge in [-0.3, -0.25) is 4.90 Å². The van der Waals surface area contributed by atoms with Gasteiger partial charge in [0.1, 0.15) is 0 Å². The third-order valence-corrected chi connectivity index (χ3v) is 4.98. The van der Waals surface area contributed by atoms with Crippen LogP contribution in [-0.4, -0.2) is 57.0 Å². The summed E-state index contributed by atoms with van der Waals surface area (Å²) >= 11 is 0. The van der Waals surface area contributed by atoms with Gasteiger partial charge in [-0.2, -0.15) is 0 Å². The fourth-order valence-electron chi connectivity index (χ4n) is 2.07. The number of ether oxygens (including phenoxy) is 1. The molecule has 1 saturated heterocycles. The van der Waals surface area contributed by atoms with Crippen molar-refractivity contribution in [1.29, 1.82) is 0 Å². The van der Waals surface area contributed by atoms with Gasteiger partial charge in [-0.15, -0.1) is 0 Å². The van der Waals surface area contributed by atoms with E-state index < -0.39 is 9.84 Å². The SMILES string of the molecule is CCOC(=O)c1ccc(C#CCN2CCS(=O)(=O)CC2)cc1. The molecule has 0 radical (unpaired) electrons. The first kappa shape index (κ1) is 16.5. The van der Waals surface area contributed by atoms with Gasteiger partial charge in [0.2, 0.25) is 0 Å². The van der Waals surface area contributed by atoms with Crippen molar-refractivity contribution >= 4 is 15.8 Å². The zero-order valence-electron chi connectivity index (χ0n) is 12.5. The fourth-order valence-corrected chi connectivity index (χ4v) is 3.34. The maximum atomic E-state index is 11.5. The molecule has 0 unspecified atom stereocenters. The van der Waals surface area contributed by atoms with Gasteiger partial charge in [0, 0.05) is 18.7 Å². The van der Waals surface area contributed by atoms with Crippen LogP contribution in [0.2, 0.25) is 0 Å². The van der Waals surface area contributed by atoms with E-state index in [1.165, 1.54) is 0 Å². The normalized spacial score (nSPS) is 17.3. The molecule has 1 aliphatic rings. The fraction of sp³-hybridized carbons (Fsp3) is 0.438. The van der Waals surface area contributed by atoms with Crippen LogP contribution >= 0.6 is 0 Å². The van der Waals surface area contributed by atoms with Gasteiger partial charge in [-0.25, -0.2) is 13.2 Å². The molecule has 0 atom stereocenters. The van der Waals surface area contributed by atoms with E-state index in [0.717, 1.165) is 5.56 Å². The standard InChI is InChI=1S/C16H19NO4S/c1-2-21-16(18)15-7-5-14(6-8-15)4-3-9-17-10-12-22(19,20)13-11-17/h5-8H,2,9-13H2,1H3. The van der Waals surface area contributed by atoms with Crippen molar-refractivity contribution in [3.05, 3.63) is 35.4 Å². The quantitative estimate of drug-likeness (QED) is 0.612. The van der Waals surface area contributed by atoms with Crippen molar-refractivity contribution in [2.75, 3.05) is 37.7 Å². The Labute approximate surface area is 131 Å². The van der Waals surface area contributed by atoms with Crippen molar-refractivity contribution in [2.45, 2.75) is 6.92 Å². The second kappa shape index (κ2) is 7.43. The van der Waals surface area contributed by atoms with Gasteiger partial charge in [0.25, 0.3) is 0 Å². The lowest BCUT2D eigenvalue weighted by molar-refractivity contribution is 0.0526. The molecular weight excluding hydrogens is 302 g/mol. The van der Waals surface area contributed by atoms with Crippen molar-refractivity contribution in [1.82, 2.24) is 4.90 Å². The molecule has 0 amide bonds. The summed E-state index contributed by atoms with van der Waals surface area (Å²) in [6.45, 7) is 3.75. The summed E-state index contributed by atoms with van der Waals surface area (Å²) in [5.74, 6) is 6.14. The number of sulfone groups is 1. The van der Waals surface area contributed by atoms with Gasteiger partial charge in [-0.1, -0.05) is 11.8 Å². The number of carbonyl (C=O) groups is 1. The molecule has 1 aromatic rings. The molecule has 5 nitrogen and oxygen atoms in total. The minimum Gasteiger partial charge on any atom is -0.462 e. The van der Waals surface area contributed by atoms with E-state index in [9.17, 15) is 13.2 Å². The van der Waals surface area contributed by atoms with Crippen LogP contribution in [0.1, 0.15) is 22.8 Å². The Kier molecular flexibility index (Phi) is 5.58. The molecule has 2 rings (SSSR count). The smallest absolute Gasteiger partial charge is 0.338 e. The lowest BCUT2D eigenvalue weighted by Crippen LogP contribution is -2.40. The van der Waals surface area contributed by atoms with Crippen LogP contribution in [0, 0.1) is 11.8 Å². The van der Waals surface area contributed by atoms with Crippen LogP contribution in [0.5, 0.6) is 0 Å². The largest absolute Gasteiger partial charge is 0.462 e. The highest BCUT2D eigenvalue weighted by atomic mass is 32.2. The number of hydrogen-bond acceptors (Lipinski definition) is 5. The first-order valence-electron chi connectivity index (χ1n) is 7.19. The lowest BCUT2D eigenvalue weighted by Gasteiger charge is -2.24. The first-order chi connectivity index (χ1) is 10.5. The monoisotopic (exact) mass is 321 g/mol. The van der Waals surface area contributed by atoms with Gasteiger partial charge >= 0.3 is 5.97 Å². The lowest BCUT2D eigenvalue weighted by atomic mass is 10.1. The summed E-state index contributed by atoms with van der Waals surface area (Å²) in [6.07, 6.45) is 0. The molecule has 0 aliphatic carbocycles. The number of nitrogens with zero attached hydrogens (tertiary/aromatic N) is 1. The molecular formula is C16H19NO4S. The van der Waals surface area contributed by atoms with Crippen LogP contribution in [0.4, 0.5) is 0 Å². The maximum absolute atomic E-state index is 11.5. The van der Waals surface area contributed by atoms with Crippen molar-refractivity contribution < 1.29 is 17.9 Å². The average Bonchev–Trinajstić information content (AvgIpc) is 2.50. The average molecular weight is 321 g/mol. The van der Waals surface area contributed by atoms with Crippen LogP contribution in [0.3, 0.4) is 0 Å². The molecule has 0 bridgehead atoms. The topological polar surface area (TPSA) is 63.7 Å². The first-order valence-corrected chi connectivity index (χ1v) is 9.01. The van der Waals surface area contributed by atoms with Crippen molar-refractivity contribution in [3.8, 4) is 11.8 Å². The Morgan fingerprint density at radius 1 is 1.23 bits per heavy atom. The van der Waals surface area contributed by atoms with Crippen LogP contribution < -0.4 is 0 Å². The number of hydrogen-bond donors (Lipinski definition) is 0. The molecule has 1 heterocycles. The van der Waals surface area contributed by atoms with E-state index in [1.807, 2.05) is 4.90 Å². The van der Waals surface area contributed by atoms with E-state index in [1.54, 1.807) is 31.2 Å². The number of benzene rings is 1. The van der Waals surface area contributed by atoms with E-state index in [-0.39, 0.29) is 17.5 Å². The predicted molar refractivity (Wildman–Crippen MR) is 84.4 cm³/mol. The highest BCUT2D eigenvalue weighted by molar-refractivity contribution is 7.91. The molecule has 1 aromatic carbocycles. The zero-order valence-corrected chi connectivity index (χ0v) is 13.4. The van der Waals surface area contributed by atoms with Crippen LogP contribution in [0.25, 0.3) is 0 Å².